The van der Waals surface area contributed by atoms with Crippen LogP contribution in [-0.4, -0.2) is 12.4 Å². The van der Waals surface area contributed by atoms with Gasteiger partial charge < -0.3 is 0 Å². The van der Waals surface area contributed by atoms with Crippen LogP contribution in [0.1, 0.15) is 33.1 Å². The fraction of sp³-hybridized carbons (Fsp3) is 0.875. The summed E-state index contributed by atoms with van der Waals surface area (Å²) in [5.41, 5.74) is 0. The van der Waals surface area contributed by atoms with Gasteiger partial charge in [-0.05, 0) is 12.3 Å². The van der Waals surface area contributed by atoms with E-state index in [4.69, 9.17) is 0 Å². The summed E-state index contributed by atoms with van der Waals surface area (Å²) in [4.78, 5) is 10.9. The minimum absolute atomic E-state index is 0.121. The lowest BCUT2D eigenvalue weighted by atomic mass is 10.0. The maximum Gasteiger partial charge on any atom is 0.133 e. The van der Waals surface area contributed by atoms with Crippen LogP contribution in [0.2, 0.25) is 0 Å². The number of rotatable bonds is 5. The molecule has 2 nitrogen and oxygen atoms in total. The number of hydrogen-bond donors (Lipinski definition) is 0. The summed E-state index contributed by atoms with van der Waals surface area (Å²) in [6.45, 7) is 3.90. The first-order chi connectivity index (χ1) is 4.66. The lowest BCUT2D eigenvalue weighted by Gasteiger charge is -2.01. The molecule has 0 aliphatic rings. The first-order valence-corrected chi connectivity index (χ1v) is 3.76. The molecule has 10 heavy (non-hydrogen) atoms. The van der Waals surface area contributed by atoms with Crippen molar-refractivity contribution in [3.63, 3.8) is 0 Å². The smallest absolute Gasteiger partial charge is 0.133 e. The lowest BCUT2D eigenvalue weighted by Crippen LogP contribution is -2.02. The van der Waals surface area contributed by atoms with Crippen LogP contribution in [0, 0.1) is 5.92 Å². The molecule has 0 amide bonds. The van der Waals surface area contributed by atoms with Crippen molar-refractivity contribution in [3.8, 4) is 0 Å². The van der Waals surface area contributed by atoms with Crippen LogP contribution in [0.15, 0.2) is 0 Å². The molecule has 0 aromatic rings. The summed E-state index contributed by atoms with van der Waals surface area (Å²) < 4.78 is 0. The van der Waals surface area contributed by atoms with Gasteiger partial charge in [0.1, 0.15) is 5.78 Å². The van der Waals surface area contributed by atoms with Gasteiger partial charge in [0.2, 0.25) is 0 Å². The number of hydrogen-bond acceptors (Lipinski definition) is 1. The van der Waals surface area contributed by atoms with Gasteiger partial charge in [0.15, 0.2) is 0 Å². The monoisotopic (exact) mass is 143 g/mol. The summed E-state index contributed by atoms with van der Waals surface area (Å²) in [5.74, 6) is 0.657. The molecular formula is C8H15O2. The molecule has 2 heteroatoms. The molecule has 0 saturated carbocycles. The minimum atomic E-state index is -0.121. The van der Waals surface area contributed by atoms with Crippen LogP contribution in [0.5, 0.6) is 0 Å². The molecule has 0 saturated heterocycles. The summed E-state index contributed by atoms with van der Waals surface area (Å²) in [6.07, 6.45) is 1.60. The average Bonchev–Trinajstić information content (AvgIpc) is 1.82. The van der Waals surface area contributed by atoms with Crippen molar-refractivity contribution in [3.05, 3.63) is 0 Å². The quantitative estimate of drug-likeness (QED) is 0.578. The maximum absolute atomic E-state index is 10.9. The Hall–Kier alpha value is -0.370. The molecule has 0 fully saturated rings. The van der Waals surface area contributed by atoms with E-state index in [1.165, 1.54) is 0 Å². The number of carbonyl (C=O) groups is 1. The van der Waals surface area contributed by atoms with Crippen LogP contribution in [-0.2, 0) is 9.90 Å². The van der Waals surface area contributed by atoms with E-state index in [9.17, 15) is 9.90 Å². The molecule has 0 aliphatic heterocycles. The van der Waals surface area contributed by atoms with Crippen molar-refractivity contribution in [1.82, 2.24) is 0 Å². The van der Waals surface area contributed by atoms with Gasteiger partial charge >= 0.3 is 0 Å². The summed E-state index contributed by atoms with van der Waals surface area (Å²) in [7, 11) is 0. The van der Waals surface area contributed by atoms with Crippen molar-refractivity contribution < 1.29 is 9.90 Å². The van der Waals surface area contributed by atoms with Gasteiger partial charge in [-0.25, -0.2) is 5.11 Å². The molecule has 0 spiro atoms. The van der Waals surface area contributed by atoms with Crippen LogP contribution in [0.25, 0.3) is 0 Å². The molecule has 0 bridgehead atoms. The first-order valence-electron chi connectivity index (χ1n) is 3.76. The van der Waals surface area contributed by atoms with Gasteiger partial charge in [-0.3, -0.25) is 4.79 Å². The van der Waals surface area contributed by atoms with E-state index in [2.05, 4.69) is 0 Å². The molecule has 0 atom stereocenters. The molecule has 0 aromatic heterocycles. The van der Waals surface area contributed by atoms with E-state index in [0.29, 0.717) is 25.2 Å². The highest BCUT2D eigenvalue weighted by atomic mass is 16.3. The van der Waals surface area contributed by atoms with E-state index in [1.54, 1.807) is 0 Å². The Morgan fingerprint density at radius 3 is 2.40 bits per heavy atom. The van der Waals surface area contributed by atoms with Gasteiger partial charge in [0, 0.05) is 12.8 Å². The van der Waals surface area contributed by atoms with Crippen molar-refractivity contribution >= 4 is 5.78 Å². The van der Waals surface area contributed by atoms with Crippen molar-refractivity contribution in [1.29, 1.82) is 0 Å². The average molecular weight is 143 g/mol. The Balaban J connectivity index is 3.26. The first kappa shape index (κ1) is 9.63. The van der Waals surface area contributed by atoms with E-state index in [-0.39, 0.29) is 12.4 Å². The topological polar surface area (TPSA) is 37.0 Å². The van der Waals surface area contributed by atoms with Gasteiger partial charge in [0.25, 0.3) is 0 Å². The zero-order valence-corrected chi connectivity index (χ0v) is 6.72. The third kappa shape index (κ3) is 5.76. The zero-order chi connectivity index (χ0) is 7.98. The molecule has 0 aliphatic carbocycles. The third-order valence-corrected chi connectivity index (χ3v) is 1.24. The molecule has 0 rings (SSSR count). The van der Waals surface area contributed by atoms with Crippen molar-refractivity contribution in [2.45, 2.75) is 33.1 Å². The fourth-order valence-corrected chi connectivity index (χ4v) is 0.827. The molecule has 0 aromatic carbocycles. The summed E-state index contributed by atoms with van der Waals surface area (Å²) in [6, 6.07) is 0. The molecule has 1 radical (unpaired) electrons. The maximum atomic E-state index is 10.9. The van der Waals surface area contributed by atoms with Gasteiger partial charge in [0.05, 0.1) is 6.61 Å². The Kier molecular flexibility index (Phi) is 5.22. The number of ketones is 1. The van der Waals surface area contributed by atoms with Crippen LogP contribution in [0.3, 0.4) is 0 Å². The second kappa shape index (κ2) is 5.42. The van der Waals surface area contributed by atoms with E-state index >= 15 is 0 Å². The van der Waals surface area contributed by atoms with Crippen molar-refractivity contribution in [2.24, 2.45) is 5.92 Å². The Labute approximate surface area is 62.2 Å². The Morgan fingerprint density at radius 1 is 1.40 bits per heavy atom. The highest BCUT2D eigenvalue weighted by Crippen LogP contribution is 2.03. The predicted molar refractivity (Wildman–Crippen MR) is 39.2 cm³/mol. The fourth-order valence-electron chi connectivity index (χ4n) is 0.827. The van der Waals surface area contributed by atoms with Crippen molar-refractivity contribution in [2.75, 3.05) is 6.61 Å². The normalized spacial score (nSPS) is 10.4. The molecular weight excluding hydrogens is 128 g/mol. The van der Waals surface area contributed by atoms with E-state index < -0.39 is 0 Å². The molecule has 59 valence electrons. The van der Waals surface area contributed by atoms with E-state index in [0.717, 1.165) is 0 Å². The standard InChI is InChI=1S/C8H15O2/c1-7(2)6-8(10)4-3-5-9/h7H,3-6H2,1-2H3. The SMILES string of the molecule is CC(C)CC(=O)CCC[O]. The van der Waals surface area contributed by atoms with Gasteiger partial charge in [-0.2, -0.15) is 0 Å². The van der Waals surface area contributed by atoms with Gasteiger partial charge in [-0.15, -0.1) is 0 Å². The summed E-state index contributed by atoms with van der Waals surface area (Å²) >= 11 is 0. The molecule has 0 unspecified atom stereocenters. The summed E-state index contributed by atoms with van der Waals surface area (Å²) in [5, 5.41) is 9.97. The second-order valence-corrected chi connectivity index (χ2v) is 2.94. The second-order valence-electron chi connectivity index (χ2n) is 2.94. The van der Waals surface area contributed by atoms with E-state index in [1.807, 2.05) is 13.8 Å². The third-order valence-electron chi connectivity index (χ3n) is 1.24. The minimum Gasteiger partial charge on any atom is -0.300 e. The zero-order valence-electron chi connectivity index (χ0n) is 6.72. The van der Waals surface area contributed by atoms with Gasteiger partial charge in [-0.1, -0.05) is 13.8 Å². The Bertz CT molecular complexity index is 97.4. The lowest BCUT2D eigenvalue weighted by molar-refractivity contribution is -0.120. The molecule has 0 heterocycles. The highest BCUT2D eigenvalue weighted by Gasteiger charge is 2.03. The number of Topliss-reactive ketones (excluding diaryl/α,β-unsaturated/α-hetero) is 1. The largest absolute Gasteiger partial charge is 0.300 e. The van der Waals surface area contributed by atoms with Crippen LogP contribution < -0.4 is 0 Å². The van der Waals surface area contributed by atoms with Crippen LogP contribution >= 0.6 is 0 Å². The van der Waals surface area contributed by atoms with Crippen LogP contribution in [0.4, 0.5) is 0 Å². The Morgan fingerprint density at radius 2 is 2.00 bits per heavy atom. The predicted octanol–water partition coefficient (Wildman–Crippen LogP) is 1.81. The highest BCUT2D eigenvalue weighted by molar-refractivity contribution is 5.78. The number of carbonyl (C=O) groups excluding carboxylic acids is 1. The molecule has 0 N–H and O–H groups in total.